The van der Waals surface area contributed by atoms with E-state index in [1.165, 1.54) is 12.0 Å². The molecule has 0 N–H and O–H groups in total. The molecule has 1 aliphatic heterocycles. The van der Waals surface area contributed by atoms with E-state index in [9.17, 15) is 13.6 Å². The highest BCUT2D eigenvalue weighted by Crippen LogP contribution is 2.27. The van der Waals surface area contributed by atoms with Gasteiger partial charge in [0, 0.05) is 19.6 Å². The van der Waals surface area contributed by atoms with Crippen LogP contribution in [0, 0.1) is 5.92 Å². The number of hydrogen-bond donors (Lipinski definition) is 0. The first kappa shape index (κ1) is 17.1. The summed E-state index contributed by atoms with van der Waals surface area (Å²) >= 11 is 0. The van der Waals surface area contributed by atoms with Crippen molar-refractivity contribution in [3.05, 3.63) is 0 Å². The van der Waals surface area contributed by atoms with Crippen LogP contribution in [0.5, 0.6) is 0 Å². The van der Waals surface area contributed by atoms with Gasteiger partial charge in [0.2, 0.25) is 6.43 Å². The maximum Gasteiger partial charge on any atom is 0.410 e. The normalized spacial score (nSPS) is 24.1. The van der Waals surface area contributed by atoms with Gasteiger partial charge in [-0.3, -0.25) is 0 Å². The van der Waals surface area contributed by atoms with Gasteiger partial charge in [0.05, 0.1) is 12.6 Å². The maximum atomic E-state index is 12.9. The quantitative estimate of drug-likeness (QED) is 0.748. The van der Waals surface area contributed by atoms with E-state index in [0.29, 0.717) is 0 Å². The fourth-order valence-corrected chi connectivity index (χ4v) is 2.05. The fraction of sp³-hybridized carbons (Fsp3) is 0.923. The lowest BCUT2D eigenvalue weighted by Gasteiger charge is -2.38. The third-order valence-corrected chi connectivity index (χ3v) is 2.99. The van der Waals surface area contributed by atoms with Crippen molar-refractivity contribution in [3.8, 4) is 0 Å². The van der Waals surface area contributed by atoms with Crippen LogP contribution in [0.4, 0.5) is 13.6 Å². The molecule has 118 valence electrons. The first-order valence-electron chi connectivity index (χ1n) is 6.61. The standard InChI is InChI=1S/C13H23F2NO4/c1-13(2,3)20-12(17)16-6-5-9(11(14)15)10(7-16)19-8-18-4/h9-11H,5-8H2,1-4H3/t9-,10-/m1/s1. The average Bonchev–Trinajstić information content (AvgIpc) is 2.33. The number of likely N-dealkylation sites (tertiary alicyclic amines) is 1. The van der Waals surface area contributed by atoms with Gasteiger partial charge in [-0.05, 0) is 27.2 Å². The zero-order valence-electron chi connectivity index (χ0n) is 12.4. The zero-order valence-corrected chi connectivity index (χ0v) is 12.4. The predicted molar refractivity (Wildman–Crippen MR) is 68.7 cm³/mol. The molecule has 1 rings (SSSR count). The molecule has 1 heterocycles. The Bertz CT molecular complexity index is 320. The number of halogens is 2. The molecule has 0 spiro atoms. The van der Waals surface area contributed by atoms with Crippen LogP contribution in [0.3, 0.4) is 0 Å². The summed E-state index contributed by atoms with van der Waals surface area (Å²) in [5.74, 6) is -0.885. The van der Waals surface area contributed by atoms with Crippen LogP contribution >= 0.6 is 0 Å². The van der Waals surface area contributed by atoms with E-state index in [1.807, 2.05) is 0 Å². The van der Waals surface area contributed by atoms with Crippen molar-refractivity contribution in [1.82, 2.24) is 4.90 Å². The molecule has 1 amide bonds. The SMILES string of the molecule is COCO[C@@H]1CN(C(=O)OC(C)(C)C)CC[C@H]1C(F)F. The Morgan fingerprint density at radius 3 is 2.55 bits per heavy atom. The lowest BCUT2D eigenvalue weighted by atomic mass is 9.94. The number of rotatable bonds is 4. The third kappa shape index (κ3) is 5.20. The zero-order chi connectivity index (χ0) is 15.3. The van der Waals surface area contributed by atoms with Crippen LogP contribution in [0.2, 0.25) is 0 Å². The van der Waals surface area contributed by atoms with E-state index >= 15 is 0 Å². The van der Waals surface area contributed by atoms with E-state index in [4.69, 9.17) is 14.2 Å². The van der Waals surface area contributed by atoms with Crippen molar-refractivity contribution in [1.29, 1.82) is 0 Å². The van der Waals surface area contributed by atoms with E-state index in [0.717, 1.165) is 0 Å². The molecule has 0 aliphatic carbocycles. The Morgan fingerprint density at radius 2 is 2.05 bits per heavy atom. The number of hydrogen-bond acceptors (Lipinski definition) is 4. The minimum Gasteiger partial charge on any atom is -0.444 e. The van der Waals surface area contributed by atoms with Crippen LogP contribution in [-0.4, -0.2) is 56.1 Å². The Balaban J connectivity index is 2.63. The minimum absolute atomic E-state index is 0.0734. The molecule has 0 bridgehead atoms. The summed E-state index contributed by atoms with van der Waals surface area (Å²) in [5.41, 5.74) is -0.612. The number of methoxy groups -OCH3 is 1. The first-order chi connectivity index (χ1) is 9.24. The number of piperidine rings is 1. The smallest absolute Gasteiger partial charge is 0.410 e. The number of carbonyl (C=O) groups is 1. The third-order valence-electron chi connectivity index (χ3n) is 2.99. The summed E-state index contributed by atoms with van der Waals surface area (Å²) in [7, 11) is 1.42. The topological polar surface area (TPSA) is 48.0 Å². The summed E-state index contributed by atoms with van der Waals surface area (Å²) < 4.78 is 41.1. The van der Waals surface area contributed by atoms with Crippen LogP contribution in [0.15, 0.2) is 0 Å². The van der Waals surface area contributed by atoms with Gasteiger partial charge < -0.3 is 19.1 Å². The molecule has 0 aromatic carbocycles. The van der Waals surface area contributed by atoms with E-state index in [-0.39, 0.29) is 26.3 Å². The molecule has 0 radical (unpaired) electrons. The Labute approximate surface area is 118 Å². The summed E-state index contributed by atoms with van der Waals surface area (Å²) in [6.45, 7) is 5.54. The molecule has 1 fully saturated rings. The van der Waals surface area contributed by atoms with Gasteiger partial charge in [0.25, 0.3) is 0 Å². The molecule has 0 aromatic rings. The van der Waals surface area contributed by atoms with Crippen LogP contribution in [0.1, 0.15) is 27.2 Å². The van der Waals surface area contributed by atoms with E-state index in [2.05, 4.69) is 0 Å². The summed E-state index contributed by atoms with van der Waals surface area (Å²) in [4.78, 5) is 13.3. The molecule has 1 saturated heterocycles. The van der Waals surface area contributed by atoms with Gasteiger partial charge in [-0.15, -0.1) is 0 Å². The lowest BCUT2D eigenvalue weighted by Crippen LogP contribution is -2.51. The van der Waals surface area contributed by atoms with Crippen LogP contribution < -0.4 is 0 Å². The molecule has 5 nitrogen and oxygen atoms in total. The van der Waals surface area contributed by atoms with Gasteiger partial charge >= 0.3 is 6.09 Å². The number of carbonyl (C=O) groups excluding carboxylic acids is 1. The Morgan fingerprint density at radius 1 is 1.40 bits per heavy atom. The van der Waals surface area contributed by atoms with Gasteiger partial charge in [0.1, 0.15) is 12.4 Å². The monoisotopic (exact) mass is 295 g/mol. The molecule has 0 unspecified atom stereocenters. The average molecular weight is 295 g/mol. The summed E-state index contributed by atoms with van der Waals surface area (Å²) in [6.07, 6.45) is -3.53. The fourth-order valence-electron chi connectivity index (χ4n) is 2.05. The molecule has 0 aromatic heterocycles. The van der Waals surface area contributed by atoms with Crippen molar-refractivity contribution in [2.45, 2.75) is 45.3 Å². The summed E-state index contributed by atoms with van der Waals surface area (Å²) in [6, 6.07) is 0. The number of nitrogens with zero attached hydrogens (tertiary/aromatic N) is 1. The highest BCUT2D eigenvalue weighted by Gasteiger charge is 2.38. The number of amides is 1. The maximum absolute atomic E-state index is 12.9. The van der Waals surface area contributed by atoms with Gasteiger partial charge in [0.15, 0.2) is 0 Å². The number of ether oxygens (including phenoxy) is 3. The molecule has 2 atom stereocenters. The molecule has 0 saturated carbocycles. The van der Waals surface area contributed by atoms with Crippen molar-refractivity contribution >= 4 is 6.09 Å². The second-order valence-electron chi connectivity index (χ2n) is 5.82. The van der Waals surface area contributed by atoms with Gasteiger partial charge in [-0.2, -0.15) is 0 Å². The summed E-state index contributed by atoms with van der Waals surface area (Å²) in [5, 5.41) is 0. The van der Waals surface area contributed by atoms with Crippen molar-refractivity contribution in [3.63, 3.8) is 0 Å². The van der Waals surface area contributed by atoms with E-state index in [1.54, 1.807) is 20.8 Å². The highest BCUT2D eigenvalue weighted by molar-refractivity contribution is 5.68. The molecule has 1 aliphatic rings. The first-order valence-corrected chi connectivity index (χ1v) is 6.61. The lowest BCUT2D eigenvalue weighted by molar-refractivity contribution is -0.138. The van der Waals surface area contributed by atoms with Crippen molar-refractivity contribution in [2.75, 3.05) is 27.0 Å². The largest absolute Gasteiger partial charge is 0.444 e. The Kier molecular flexibility index (Phi) is 6.13. The predicted octanol–water partition coefficient (Wildman–Crippen LogP) is 2.50. The molecular weight excluding hydrogens is 272 g/mol. The second-order valence-corrected chi connectivity index (χ2v) is 5.82. The van der Waals surface area contributed by atoms with Crippen LogP contribution in [-0.2, 0) is 14.2 Å². The van der Waals surface area contributed by atoms with E-state index < -0.39 is 30.1 Å². The molecule has 20 heavy (non-hydrogen) atoms. The van der Waals surface area contributed by atoms with Crippen molar-refractivity contribution in [2.24, 2.45) is 5.92 Å². The Hall–Kier alpha value is -0.950. The molecule has 7 heteroatoms. The molecular formula is C13H23F2NO4. The number of alkyl halides is 2. The highest BCUT2D eigenvalue weighted by atomic mass is 19.3. The van der Waals surface area contributed by atoms with Crippen molar-refractivity contribution < 1.29 is 27.8 Å². The van der Waals surface area contributed by atoms with Gasteiger partial charge in [-0.25, -0.2) is 13.6 Å². The van der Waals surface area contributed by atoms with Crippen LogP contribution in [0.25, 0.3) is 0 Å². The second kappa shape index (κ2) is 7.17. The minimum atomic E-state index is -2.47. The van der Waals surface area contributed by atoms with Gasteiger partial charge in [-0.1, -0.05) is 0 Å².